The predicted molar refractivity (Wildman–Crippen MR) is 101 cm³/mol. The zero-order chi connectivity index (χ0) is 17.8. The number of anilines is 1. The third-order valence-corrected chi connectivity index (χ3v) is 4.81. The molecule has 1 heterocycles. The molecule has 0 amide bonds. The molecule has 0 aliphatic carbocycles. The number of hydrogen-bond donors (Lipinski definition) is 2. The molecule has 2 aromatic carbocycles. The van der Waals surface area contributed by atoms with E-state index in [-0.39, 0.29) is 5.75 Å². The number of phenols is 1. The molecule has 0 aliphatic heterocycles. The highest BCUT2D eigenvalue weighted by molar-refractivity contribution is 7.16. The SMILES string of the molecule is COc1ccc(OC)c(-c2nc(NCc3ccccc3O)sc2C)c1. The van der Waals surface area contributed by atoms with Crippen LogP contribution in [-0.2, 0) is 6.54 Å². The number of para-hydroxylation sites is 1. The summed E-state index contributed by atoms with van der Waals surface area (Å²) in [5.41, 5.74) is 2.59. The van der Waals surface area contributed by atoms with E-state index >= 15 is 0 Å². The standard InChI is InChI=1S/C19H20N2O3S/c1-12-18(15-10-14(23-2)8-9-17(15)24-3)21-19(25-12)20-11-13-6-4-5-7-16(13)22/h4-10,22H,11H2,1-3H3,(H,20,21). The van der Waals surface area contributed by atoms with Crippen molar-refractivity contribution in [3.05, 3.63) is 52.9 Å². The number of thiazole rings is 1. The fourth-order valence-corrected chi connectivity index (χ4v) is 3.38. The quantitative estimate of drug-likeness (QED) is 0.683. The summed E-state index contributed by atoms with van der Waals surface area (Å²) in [5.74, 6) is 1.78. The summed E-state index contributed by atoms with van der Waals surface area (Å²) < 4.78 is 10.8. The van der Waals surface area contributed by atoms with Crippen LogP contribution >= 0.6 is 11.3 Å². The highest BCUT2D eigenvalue weighted by atomic mass is 32.1. The molecule has 2 N–H and O–H groups in total. The van der Waals surface area contributed by atoms with Gasteiger partial charge in [0.15, 0.2) is 5.13 Å². The maximum absolute atomic E-state index is 9.86. The first-order valence-corrected chi connectivity index (χ1v) is 8.64. The van der Waals surface area contributed by atoms with Crippen molar-refractivity contribution < 1.29 is 14.6 Å². The van der Waals surface area contributed by atoms with Crippen LogP contribution < -0.4 is 14.8 Å². The van der Waals surface area contributed by atoms with Crippen molar-refractivity contribution in [2.24, 2.45) is 0 Å². The van der Waals surface area contributed by atoms with Crippen molar-refractivity contribution in [1.82, 2.24) is 4.98 Å². The van der Waals surface area contributed by atoms with E-state index in [4.69, 9.17) is 14.5 Å². The zero-order valence-corrected chi connectivity index (χ0v) is 15.2. The number of rotatable bonds is 6. The summed E-state index contributed by atoms with van der Waals surface area (Å²) >= 11 is 1.57. The molecule has 0 saturated carbocycles. The van der Waals surface area contributed by atoms with Gasteiger partial charge in [-0.05, 0) is 31.2 Å². The van der Waals surface area contributed by atoms with Gasteiger partial charge in [-0.25, -0.2) is 4.98 Å². The minimum Gasteiger partial charge on any atom is -0.508 e. The Kier molecular flexibility index (Phi) is 5.09. The first-order chi connectivity index (χ1) is 12.1. The Hall–Kier alpha value is -2.73. The Morgan fingerprint density at radius 3 is 2.64 bits per heavy atom. The van der Waals surface area contributed by atoms with Gasteiger partial charge in [-0.15, -0.1) is 11.3 Å². The van der Waals surface area contributed by atoms with Gasteiger partial charge in [0, 0.05) is 22.5 Å². The van der Waals surface area contributed by atoms with E-state index in [9.17, 15) is 5.11 Å². The lowest BCUT2D eigenvalue weighted by molar-refractivity contribution is 0.404. The number of aromatic hydroxyl groups is 1. The van der Waals surface area contributed by atoms with Crippen LogP contribution in [0.25, 0.3) is 11.3 Å². The third kappa shape index (κ3) is 3.69. The number of nitrogens with one attached hydrogen (secondary N) is 1. The molecule has 5 nitrogen and oxygen atoms in total. The van der Waals surface area contributed by atoms with Crippen LogP contribution in [0.2, 0.25) is 0 Å². The average Bonchev–Trinajstić information content (AvgIpc) is 3.01. The number of nitrogens with zero attached hydrogens (tertiary/aromatic N) is 1. The molecule has 0 atom stereocenters. The molecule has 0 saturated heterocycles. The summed E-state index contributed by atoms with van der Waals surface area (Å²) in [6.07, 6.45) is 0. The molecule has 0 fully saturated rings. The van der Waals surface area contributed by atoms with Gasteiger partial charge in [-0.3, -0.25) is 0 Å². The highest BCUT2D eigenvalue weighted by Gasteiger charge is 2.15. The normalized spacial score (nSPS) is 10.5. The lowest BCUT2D eigenvalue weighted by atomic mass is 10.1. The number of ether oxygens (including phenoxy) is 2. The van der Waals surface area contributed by atoms with Gasteiger partial charge >= 0.3 is 0 Å². The van der Waals surface area contributed by atoms with Crippen LogP contribution in [0.4, 0.5) is 5.13 Å². The summed E-state index contributed by atoms with van der Waals surface area (Å²) in [6.45, 7) is 2.53. The topological polar surface area (TPSA) is 63.6 Å². The molecule has 6 heteroatoms. The van der Waals surface area contributed by atoms with Crippen molar-refractivity contribution in [1.29, 1.82) is 0 Å². The van der Waals surface area contributed by atoms with Crippen molar-refractivity contribution in [3.63, 3.8) is 0 Å². The number of benzene rings is 2. The zero-order valence-electron chi connectivity index (χ0n) is 14.4. The highest BCUT2D eigenvalue weighted by Crippen LogP contribution is 2.38. The van der Waals surface area contributed by atoms with Crippen LogP contribution in [0.15, 0.2) is 42.5 Å². The van der Waals surface area contributed by atoms with Crippen LogP contribution in [0.5, 0.6) is 17.2 Å². The summed E-state index contributed by atoms with van der Waals surface area (Å²) in [6, 6.07) is 12.9. The van der Waals surface area contributed by atoms with E-state index in [0.717, 1.165) is 38.3 Å². The van der Waals surface area contributed by atoms with Gasteiger partial charge in [0.05, 0.1) is 19.9 Å². The number of aromatic nitrogens is 1. The number of aryl methyl sites for hydroxylation is 1. The van der Waals surface area contributed by atoms with Gasteiger partial charge in [0.25, 0.3) is 0 Å². The smallest absolute Gasteiger partial charge is 0.183 e. The van der Waals surface area contributed by atoms with E-state index in [2.05, 4.69) is 5.32 Å². The maximum atomic E-state index is 9.86. The molecular weight excluding hydrogens is 336 g/mol. The molecule has 0 aliphatic rings. The van der Waals surface area contributed by atoms with Crippen molar-refractivity contribution in [2.45, 2.75) is 13.5 Å². The van der Waals surface area contributed by atoms with Gasteiger partial charge in [0.2, 0.25) is 0 Å². The van der Waals surface area contributed by atoms with Gasteiger partial charge in [0.1, 0.15) is 17.2 Å². The van der Waals surface area contributed by atoms with Crippen LogP contribution in [0.3, 0.4) is 0 Å². The molecule has 130 valence electrons. The molecule has 0 bridgehead atoms. The molecular formula is C19H20N2O3S. The number of phenolic OH excluding ortho intramolecular Hbond substituents is 1. The minimum atomic E-state index is 0.276. The van der Waals surface area contributed by atoms with E-state index in [1.807, 2.05) is 37.3 Å². The number of hydrogen-bond acceptors (Lipinski definition) is 6. The minimum absolute atomic E-state index is 0.276. The fraction of sp³-hybridized carbons (Fsp3) is 0.211. The van der Waals surface area contributed by atoms with Crippen LogP contribution in [0, 0.1) is 6.92 Å². The summed E-state index contributed by atoms with van der Waals surface area (Å²) in [7, 11) is 3.28. The van der Waals surface area contributed by atoms with E-state index < -0.39 is 0 Å². The average molecular weight is 356 g/mol. The van der Waals surface area contributed by atoms with E-state index in [0.29, 0.717) is 6.54 Å². The second-order valence-electron chi connectivity index (χ2n) is 5.47. The van der Waals surface area contributed by atoms with Crippen molar-refractivity contribution in [3.8, 4) is 28.5 Å². The Labute approximate surface area is 150 Å². The second kappa shape index (κ2) is 7.44. The van der Waals surface area contributed by atoms with Gasteiger partial charge < -0.3 is 19.9 Å². The first-order valence-electron chi connectivity index (χ1n) is 7.83. The second-order valence-corrected chi connectivity index (χ2v) is 6.68. The maximum Gasteiger partial charge on any atom is 0.183 e. The Bertz CT molecular complexity index is 877. The van der Waals surface area contributed by atoms with E-state index in [1.54, 1.807) is 37.7 Å². The van der Waals surface area contributed by atoms with Crippen molar-refractivity contribution >= 4 is 16.5 Å². The van der Waals surface area contributed by atoms with Crippen molar-refractivity contribution in [2.75, 3.05) is 19.5 Å². The molecule has 25 heavy (non-hydrogen) atoms. The number of methoxy groups -OCH3 is 2. The molecule has 0 unspecified atom stereocenters. The largest absolute Gasteiger partial charge is 0.508 e. The predicted octanol–water partition coefficient (Wildman–Crippen LogP) is 4.45. The van der Waals surface area contributed by atoms with E-state index in [1.165, 1.54) is 0 Å². The van der Waals surface area contributed by atoms with Crippen LogP contribution in [-0.4, -0.2) is 24.3 Å². The summed E-state index contributed by atoms with van der Waals surface area (Å²) in [5, 5.41) is 13.9. The Balaban J connectivity index is 1.87. The van der Waals surface area contributed by atoms with Gasteiger partial charge in [-0.1, -0.05) is 18.2 Å². The molecule has 3 rings (SSSR count). The van der Waals surface area contributed by atoms with Crippen LogP contribution in [0.1, 0.15) is 10.4 Å². The Morgan fingerprint density at radius 2 is 1.92 bits per heavy atom. The fourth-order valence-electron chi connectivity index (χ4n) is 2.55. The lowest BCUT2D eigenvalue weighted by Gasteiger charge is -2.09. The molecule has 0 spiro atoms. The lowest BCUT2D eigenvalue weighted by Crippen LogP contribution is -1.99. The molecule has 3 aromatic rings. The van der Waals surface area contributed by atoms with Gasteiger partial charge in [-0.2, -0.15) is 0 Å². The molecule has 0 radical (unpaired) electrons. The third-order valence-electron chi connectivity index (χ3n) is 3.88. The Morgan fingerprint density at radius 1 is 1.12 bits per heavy atom. The molecule has 1 aromatic heterocycles. The first kappa shape index (κ1) is 17.1. The monoisotopic (exact) mass is 356 g/mol. The summed E-state index contributed by atoms with van der Waals surface area (Å²) in [4.78, 5) is 5.77.